The first-order valence-corrected chi connectivity index (χ1v) is 9.17. The fourth-order valence-electron chi connectivity index (χ4n) is 2.52. The molecule has 6 nitrogen and oxygen atoms in total. The van der Waals surface area contributed by atoms with Crippen LogP contribution in [0.15, 0.2) is 66.1 Å². The number of methoxy groups -OCH3 is 1. The summed E-state index contributed by atoms with van der Waals surface area (Å²) in [5, 5.41) is 11.7. The molecule has 3 rings (SSSR count). The first kappa shape index (κ1) is 18.0. The highest BCUT2D eigenvalue weighted by molar-refractivity contribution is 7.99. The van der Waals surface area contributed by atoms with Gasteiger partial charge in [0.15, 0.2) is 5.16 Å². The molecule has 1 amide bonds. The predicted octanol–water partition coefficient (Wildman–Crippen LogP) is 3.63. The van der Waals surface area contributed by atoms with Gasteiger partial charge in [-0.25, -0.2) is 0 Å². The summed E-state index contributed by atoms with van der Waals surface area (Å²) >= 11 is 1.36. The van der Waals surface area contributed by atoms with Gasteiger partial charge in [0, 0.05) is 11.8 Å². The SMILES string of the molecule is COc1cccc(NC(=O)CSc2nncn2[C@@H](C)c2ccccc2)c1. The van der Waals surface area contributed by atoms with E-state index < -0.39 is 0 Å². The van der Waals surface area contributed by atoms with E-state index in [1.54, 1.807) is 19.5 Å². The zero-order valence-electron chi connectivity index (χ0n) is 14.6. The molecule has 7 heteroatoms. The number of thioether (sulfide) groups is 1. The summed E-state index contributed by atoms with van der Waals surface area (Å²) in [6.45, 7) is 2.08. The molecule has 1 heterocycles. The van der Waals surface area contributed by atoms with Crippen LogP contribution in [-0.4, -0.2) is 33.5 Å². The van der Waals surface area contributed by atoms with Gasteiger partial charge < -0.3 is 14.6 Å². The number of anilines is 1. The number of nitrogens with zero attached hydrogens (tertiary/aromatic N) is 3. The third-order valence-corrected chi connectivity index (χ3v) is 4.88. The molecular weight excluding hydrogens is 348 g/mol. The van der Waals surface area contributed by atoms with Crippen LogP contribution in [0.2, 0.25) is 0 Å². The highest BCUT2D eigenvalue weighted by Gasteiger charge is 2.14. The van der Waals surface area contributed by atoms with Crippen molar-refractivity contribution in [2.75, 3.05) is 18.2 Å². The molecule has 0 aliphatic carbocycles. The van der Waals surface area contributed by atoms with E-state index in [2.05, 4.69) is 34.6 Å². The summed E-state index contributed by atoms with van der Waals surface area (Å²) in [5.74, 6) is 0.842. The zero-order valence-corrected chi connectivity index (χ0v) is 15.4. The van der Waals surface area contributed by atoms with E-state index in [1.807, 2.05) is 41.0 Å². The average molecular weight is 368 g/mol. The molecular formula is C19H20N4O2S. The third kappa shape index (κ3) is 4.43. The Labute approximate surface area is 156 Å². The monoisotopic (exact) mass is 368 g/mol. The van der Waals surface area contributed by atoms with Crippen molar-refractivity contribution in [3.63, 3.8) is 0 Å². The minimum Gasteiger partial charge on any atom is -0.497 e. The Morgan fingerprint density at radius 1 is 1.23 bits per heavy atom. The minimum atomic E-state index is -0.106. The summed E-state index contributed by atoms with van der Waals surface area (Å²) in [4.78, 5) is 12.2. The number of ether oxygens (including phenoxy) is 1. The number of benzene rings is 2. The first-order valence-electron chi connectivity index (χ1n) is 8.18. The second kappa shape index (κ2) is 8.53. The highest BCUT2D eigenvalue weighted by Crippen LogP contribution is 2.24. The van der Waals surface area contributed by atoms with Crippen molar-refractivity contribution in [2.45, 2.75) is 18.1 Å². The molecule has 0 fully saturated rings. The molecule has 0 unspecified atom stereocenters. The van der Waals surface area contributed by atoms with E-state index in [-0.39, 0.29) is 17.7 Å². The predicted molar refractivity (Wildman–Crippen MR) is 103 cm³/mol. The second-order valence-electron chi connectivity index (χ2n) is 5.68. The Morgan fingerprint density at radius 3 is 2.81 bits per heavy atom. The normalized spacial score (nSPS) is 11.8. The van der Waals surface area contributed by atoms with Crippen LogP contribution < -0.4 is 10.1 Å². The van der Waals surface area contributed by atoms with Gasteiger partial charge in [0.25, 0.3) is 0 Å². The van der Waals surface area contributed by atoms with Crippen molar-refractivity contribution in [1.29, 1.82) is 0 Å². The summed E-state index contributed by atoms with van der Waals surface area (Å²) < 4.78 is 7.13. The maximum Gasteiger partial charge on any atom is 0.234 e. The molecule has 0 bridgehead atoms. The lowest BCUT2D eigenvalue weighted by molar-refractivity contribution is -0.113. The fourth-order valence-corrected chi connectivity index (χ4v) is 3.31. The van der Waals surface area contributed by atoms with Gasteiger partial charge >= 0.3 is 0 Å². The molecule has 0 saturated carbocycles. The van der Waals surface area contributed by atoms with Crippen molar-refractivity contribution in [1.82, 2.24) is 14.8 Å². The van der Waals surface area contributed by atoms with Crippen LogP contribution in [0.5, 0.6) is 5.75 Å². The van der Waals surface area contributed by atoms with Crippen LogP contribution in [0.3, 0.4) is 0 Å². The van der Waals surface area contributed by atoms with E-state index >= 15 is 0 Å². The molecule has 26 heavy (non-hydrogen) atoms. The molecule has 0 aliphatic rings. The maximum atomic E-state index is 12.2. The van der Waals surface area contributed by atoms with Gasteiger partial charge in [-0.05, 0) is 24.6 Å². The number of amides is 1. The summed E-state index contributed by atoms with van der Waals surface area (Å²) in [6.07, 6.45) is 1.69. The van der Waals surface area contributed by atoms with Gasteiger partial charge in [-0.15, -0.1) is 10.2 Å². The molecule has 2 aromatic carbocycles. The Morgan fingerprint density at radius 2 is 2.04 bits per heavy atom. The van der Waals surface area contributed by atoms with Crippen LogP contribution in [0, 0.1) is 0 Å². The lowest BCUT2D eigenvalue weighted by atomic mass is 10.1. The zero-order chi connectivity index (χ0) is 18.4. The molecule has 0 aliphatic heterocycles. The number of hydrogen-bond donors (Lipinski definition) is 1. The molecule has 1 atom stereocenters. The molecule has 1 aromatic heterocycles. The van der Waals surface area contributed by atoms with Crippen molar-refractivity contribution in [3.8, 4) is 5.75 Å². The third-order valence-electron chi connectivity index (χ3n) is 3.93. The van der Waals surface area contributed by atoms with Crippen LogP contribution in [0.1, 0.15) is 18.5 Å². The van der Waals surface area contributed by atoms with E-state index in [1.165, 1.54) is 11.8 Å². The number of hydrogen-bond acceptors (Lipinski definition) is 5. The van der Waals surface area contributed by atoms with Crippen LogP contribution in [0.25, 0.3) is 0 Å². The van der Waals surface area contributed by atoms with Gasteiger partial charge in [0.05, 0.1) is 18.9 Å². The number of carbonyl (C=O) groups excluding carboxylic acids is 1. The van der Waals surface area contributed by atoms with Crippen LogP contribution >= 0.6 is 11.8 Å². The largest absolute Gasteiger partial charge is 0.497 e. The standard InChI is InChI=1S/C19H20N4O2S/c1-14(15-7-4-3-5-8-15)23-13-20-22-19(23)26-12-18(24)21-16-9-6-10-17(11-16)25-2/h3-11,13-14H,12H2,1-2H3,(H,21,24)/t14-/m0/s1. The van der Waals surface area contributed by atoms with E-state index in [0.29, 0.717) is 16.6 Å². The van der Waals surface area contributed by atoms with Crippen molar-refractivity contribution in [3.05, 3.63) is 66.5 Å². The number of aromatic nitrogens is 3. The average Bonchev–Trinajstić information content (AvgIpc) is 3.15. The minimum absolute atomic E-state index is 0.0927. The summed E-state index contributed by atoms with van der Waals surface area (Å²) in [6, 6.07) is 17.5. The maximum absolute atomic E-state index is 12.2. The van der Waals surface area contributed by atoms with Gasteiger partial charge in [0.2, 0.25) is 5.91 Å². The number of carbonyl (C=O) groups is 1. The molecule has 0 spiro atoms. The van der Waals surface area contributed by atoms with E-state index in [9.17, 15) is 4.79 Å². The Hall–Kier alpha value is -2.80. The van der Waals surface area contributed by atoms with Gasteiger partial charge in [-0.2, -0.15) is 0 Å². The van der Waals surface area contributed by atoms with Gasteiger partial charge in [-0.1, -0.05) is 48.2 Å². The lowest BCUT2D eigenvalue weighted by Crippen LogP contribution is -2.15. The lowest BCUT2D eigenvalue weighted by Gasteiger charge is -2.15. The second-order valence-corrected chi connectivity index (χ2v) is 6.62. The summed E-state index contributed by atoms with van der Waals surface area (Å²) in [5.41, 5.74) is 1.86. The molecule has 1 N–H and O–H groups in total. The molecule has 3 aromatic rings. The van der Waals surface area contributed by atoms with Crippen LogP contribution in [0.4, 0.5) is 5.69 Å². The molecule has 134 valence electrons. The highest BCUT2D eigenvalue weighted by atomic mass is 32.2. The van der Waals surface area contributed by atoms with Gasteiger partial charge in [-0.3, -0.25) is 4.79 Å². The number of nitrogens with one attached hydrogen (secondary N) is 1. The van der Waals surface area contributed by atoms with E-state index in [4.69, 9.17) is 4.74 Å². The van der Waals surface area contributed by atoms with Crippen molar-refractivity contribution >= 4 is 23.4 Å². The van der Waals surface area contributed by atoms with E-state index in [0.717, 1.165) is 5.56 Å². The Balaban J connectivity index is 1.62. The smallest absolute Gasteiger partial charge is 0.234 e. The van der Waals surface area contributed by atoms with Gasteiger partial charge in [0.1, 0.15) is 12.1 Å². The van der Waals surface area contributed by atoms with Crippen molar-refractivity contribution in [2.24, 2.45) is 0 Å². The quantitative estimate of drug-likeness (QED) is 0.645. The Bertz CT molecular complexity index is 867. The first-order chi connectivity index (χ1) is 12.7. The van der Waals surface area contributed by atoms with Crippen molar-refractivity contribution < 1.29 is 9.53 Å². The fraction of sp³-hybridized carbons (Fsp3) is 0.211. The molecule has 0 radical (unpaired) electrons. The topological polar surface area (TPSA) is 69.0 Å². The Kier molecular flexibility index (Phi) is 5.91. The number of rotatable bonds is 7. The van der Waals surface area contributed by atoms with Crippen LogP contribution in [-0.2, 0) is 4.79 Å². The summed E-state index contributed by atoms with van der Waals surface area (Å²) in [7, 11) is 1.59. The molecule has 0 saturated heterocycles.